The van der Waals surface area contributed by atoms with Crippen molar-refractivity contribution in [1.29, 1.82) is 5.26 Å². The van der Waals surface area contributed by atoms with Crippen LogP contribution in [0, 0.1) is 24.2 Å². The van der Waals surface area contributed by atoms with Crippen LogP contribution >= 0.6 is 0 Å². The third-order valence-corrected chi connectivity index (χ3v) is 6.36. The van der Waals surface area contributed by atoms with Crippen molar-refractivity contribution in [1.82, 2.24) is 9.29 Å². The number of azo groups is 1. The Morgan fingerprint density at radius 1 is 1.21 bits per heavy atom. The fraction of sp³-hybridized carbons (Fsp3) is 0.455. The standard InChI is InChI=1S/C22H29N5O6S/c1-15(2)8-10-27-21(29)19(14-23)16(3)20(22(27)30)26-25-17-4-6-18(7-5-17)34(31,32)24-9-12-33-13-11-28/h4-7,15,24,28,30H,8-13H2,1-3H3/b26-25+. The number of sulfonamides is 1. The summed E-state index contributed by atoms with van der Waals surface area (Å²) >= 11 is 0. The van der Waals surface area contributed by atoms with Gasteiger partial charge in [0.25, 0.3) is 5.56 Å². The molecule has 11 nitrogen and oxygen atoms in total. The average Bonchev–Trinajstić information content (AvgIpc) is 2.79. The van der Waals surface area contributed by atoms with Gasteiger partial charge in [0, 0.05) is 18.7 Å². The molecule has 0 saturated carbocycles. The van der Waals surface area contributed by atoms with Gasteiger partial charge in [-0.25, -0.2) is 13.1 Å². The summed E-state index contributed by atoms with van der Waals surface area (Å²) in [5.41, 5.74) is -0.183. The summed E-state index contributed by atoms with van der Waals surface area (Å²) in [5.74, 6) is -0.0988. The fourth-order valence-corrected chi connectivity index (χ4v) is 3.96. The molecule has 0 spiro atoms. The number of rotatable bonds is 12. The minimum Gasteiger partial charge on any atom is -0.493 e. The zero-order valence-corrected chi connectivity index (χ0v) is 20.2. The van der Waals surface area contributed by atoms with Crippen molar-refractivity contribution >= 4 is 21.4 Å². The molecule has 0 atom stereocenters. The van der Waals surface area contributed by atoms with Crippen LogP contribution in [0.1, 0.15) is 31.4 Å². The predicted octanol–water partition coefficient (Wildman–Crippen LogP) is 2.48. The smallest absolute Gasteiger partial charge is 0.271 e. The zero-order valence-electron chi connectivity index (χ0n) is 19.4. The Morgan fingerprint density at radius 2 is 1.88 bits per heavy atom. The largest absolute Gasteiger partial charge is 0.493 e. The summed E-state index contributed by atoms with van der Waals surface area (Å²) in [6.45, 7) is 5.85. The molecule has 0 radical (unpaired) electrons. The molecule has 0 aliphatic rings. The zero-order chi connectivity index (χ0) is 25.3. The molecule has 0 aliphatic carbocycles. The second kappa shape index (κ2) is 12.4. The number of aliphatic hydroxyl groups is 1. The Kier molecular flexibility index (Phi) is 9.88. The van der Waals surface area contributed by atoms with E-state index < -0.39 is 15.6 Å². The van der Waals surface area contributed by atoms with Gasteiger partial charge in [0.15, 0.2) is 5.69 Å². The molecule has 0 amide bonds. The molecule has 12 heteroatoms. The lowest BCUT2D eigenvalue weighted by Crippen LogP contribution is -2.27. The minimum absolute atomic E-state index is 0.00106. The van der Waals surface area contributed by atoms with Gasteiger partial charge in [0.05, 0.1) is 30.4 Å². The molecule has 3 N–H and O–H groups in total. The Labute approximate surface area is 198 Å². The Morgan fingerprint density at radius 3 is 2.47 bits per heavy atom. The van der Waals surface area contributed by atoms with E-state index in [9.17, 15) is 23.6 Å². The summed E-state index contributed by atoms with van der Waals surface area (Å²) in [4.78, 5) is 12.6. The number of nitriles is 1. The van der Waals surface area contributed by atoms with Crippen LogP contribution < -0.4 is 10.3 Å². The minimum atomic E-state index is -3.76. The fourth-order valence-electron chi connectivity index (χ4n) is 2.95. The van der Waals surface area contributed by atoms with Crippen molar-refractivity contribution in [3.8, 4) is 11.9 Å². The molecule has 1 aromatic heterocycles. The molecule has 0 unspecified atom stereocenters. The second-order valence-corrected chi connectivity index (χ2v) is 9.62. The molecule has 2 rings (SSSR count). The first-order valence-corrected chi connectivity index (χ1v) is 12.2. The molecule has 1 heterocycles. The van der Waals surface area contributed by atoms with Gasteiger partial charge in [0.2, 0.25) is 15.9 Å². The van der Waals surface area contributed by atoms with Crippen molar-refractivity contribution in [2.24, 2.45) is 16.1 Å². The van der Waals surface area contributed by atoms with Crippen LogP contribution in [0.15, 0.2) is 44.2 Å². The van der Waals surface area contributed by atoms with E-state index in [1.165, 1.54) is 31.2 Å². The Hall–Kier alpha value is -3.11. The van der Waals surface area contributed by atoms with Gasteiger partial charge in [-0.1, -0.05) is 13.8 Å². The van der Waals surface area contributed by atoms with Gasteiger partial charge in [-0.05, 0) is 43.5 Å². The van der Waals surface area contributed by atoms with E-state index in [0.717, 1.165) is 4.57 Å². The van der Waals surface area contributed by atoms with Crippen molar-refractivity contribution in [3.63, 3.8) is 0 Å². The average molecular weight is 492 g/mol. The van der Waals surface area contributed by atoms with Crippen LogP contribution in [0.5, 0.6) is 5.88 Å². The first kappa shape index (κ1) is 27.1. The third kappa shape index (κ3) is 6.94. The number of pyridine rings is 1. The van der Waals surface area contributed by atoms with Crippen LogP contribution in [0.4, 0.5) is 11.4 Å². The number of aromatic hydroxyl groups is 1. The van der Waals surface area contributed by atoms with Crippen molar-refractivity contribution in [2.45, 2.75) is 38.6 Å². The number of ether oxygens (including phenoxy) is 1. The number of benzene rings is 1. The third-order valence-electron chi connectivity index (χ3n) is 4.89. The highest BCUT2D eigenvalue weighted by Crippen LogP contribution is 2.32. The van der Waals surface area contributed by atoms with E-state index in [1.807, 2.05) is 19.9 Å². The molecule has 0 saturated heterocycles. The van der Waals surface area contributed by atoms with Crippen LogP contribution in [0.2, 0.25) is 0 Å². The molecule has 1 aromatic carbocycles. The molecular formula is C22H29N5O6S. The molecule has 2 aromatic rings. The quantitative estimate of drug-likeness (QED) is 0.303. The van der Waals surface area contributed by atoms with E-state index in [4.69, 9.17) is 9.84 Å². The molecule has 34 heavy (non-hydrogen) atoms. The summed E-state index contributed by atoms with van der Waals surface area (Å²) in [6.07, 6.45) is 0.621. The number of nitrogens with one attached hydrogen (secondary N) is 1. The van der Waals surface area contributed by atoms with Crippen LogP contribution in [0.3, 0.4) is 0 Å². The number of hydrogen-bond donors (Lipinski definition) is 3. The van der Waals surface area contributed by atoms with Gasteiger partial charge in [-0.15, -0.1) is 5.11 Å². The maximum Gasteiger partial charge on any atom is 0.271 e. The first-order valence-electron chi connectivity index (χ1n) is 10.7. The highest BCUT2D eigenvalue weighted by Gasteiger charge is 2.19. The Bertz CT molecular complexity index is 1210. The van der Waals surface area contributed by atoms with Crippen LogP contribution in [-0.4, -0.2) is 49.6 Å². The Balaban J connectivity index is 2.26. The SMILES string of the molecule is Cc1c(/N=N/c2ccc(S(=O)(=O)NCCOCCO)cc2)c(O)n(CCC(C)C)c(=O)c1C#N. The lowest BCUT2D eigenvalue weighted by atomic mass is 10.1. The van der Waals surface area contributed by atoms with E-state index in [1.54, 1.807) is 0 Å². The normalized spacial score (nSPS) is 11.9. The molecule has 0 fully saturated rings. The predicted molar refractivity (Wildman–Crippen MR) is 125 cm³/mol. The number of hydrogen-bond acceptors (Lipinski definition) is 9. The van der Waals surface area contributed by atoms with Gasteiger partial charge in [-0.2, -0.15) is 10.4 Å². The lowest BCUT2D eigenvalue weighted by molar-refractivity contribution is 0.0961. The first-order chi connectivity index (χ1) is 16.1. The highest BCUT2D eigenvalue weighted by atomic mass is 32.2. The maximum atomic E-state index is 12.6. The monoisotopic (exact) mass is 491 g/mol. The molecule has 0 aliphatic heterocycles. The number of nitrogens with zero attached hydrogens (tertiary/aromatic N) is 4. The number of aromatic nitrogens is 1. The molecule has 184 valence electrons. The van der Waals surface area contributed by atoms with Gasteiger partial charge in [0.1, 0.15) is 11.6 Å². The second-order valence-electron chi connectivity index (χ2n) is 7.85. The van der Waals surface area contributed by atoms with E-state index >= 15 is 0 Å². The topological polar surface area (TPSA) is 166 Å². The number of aliphatic hydroxyl groups excluding tert-OH is 1. The van der Waals surface area contributed by atoms with Crippen molar-refractivity contribution in [3.05, 3.63) is 45.7 Å². The van der Waals surface area contributed by atoms with Gasteiger partial charge >= 0.3 is 0 Å². The van der Waals surface area contributed by atoms with Gasteiger partial charge in [-0.3, -0.25) is 9.36 Å². The van der Waals surface area contributed by atoms with Crippen molar-refractivity contribution in [2.75, 3.05) is 26.4 Å². The molecule has 0 bridgehead atoms. The van der Waals surface area contributed by atoms with Crippen LogP contribution in [-0.2, 0) is 21.3 Å². The summed E-state index contributed by atoms with van der Waals surface area (Å²) in [6, 6.07) is 7.44. The van der Waals surface area contributed by atoms with E-state index in [-0.39, 0.29) is 66.4 Å². The van der Waals surface area contributed by atoms with E-state index in [0.29, 0.717) is 12.1 Å². The van der Waals surface area contributed by atoms with Crippen LogP contribution in [0.25, 0.3) is 0 Å². The summed E-state index contributed by atoms with van der Waals surface area (Å²) in [5, 5.41) is 36.8. The van der Waals surface area contributed by atoms with Gasteiger partial charge < -0.3 is 14.9 Å². The van der Waals surface area contributed by atoms with E-state index in [2.05, 4.69) is 15.0 Å². The summed E-state index contributed by atoms with van der Waals surface area (Å²) in [7, 11) is -3.76. The highest BCUT2D eigenvalue weighted by molar-refractivity contribution is 7.89. The lowest BCUT2D eigenvalue weighted by Gasteiger charge is -2.14. The van der Waals surface area contributed by atoms with Crippen molar-refractivity contribution < 1.29 is 23.4 Å². The maximum absolute atomic E-state index is 12.6. The molecular weight excluding hydrogens is 462 g/mol. The summed E-state index contributed by atoms with van der Waals surface area (Å²) < 4.78 is 33.2.